The minimum absolute atomic E-state index is 0.951. The highest BCUT2D eigenvalue weighted by Gasteiger charge is 2.10. The van der Waals surface area contributed by atoms with Gasteiger partial charge in [-0.2, -0.15) is 0 Å². The van der Waals surface area contributed by atoms with Crippen LogP contribution in [0.25, 0.3) is 10.6 Å². The fraction of sp³-hybridized carbons (Fsp3) is 0.471. The first-order valence-electron chi connectivity index (χ1n) is 7.51. The average molecular weight is 288 g/mol. The number of nitrogens with zero attached hydrogens (tertiary/aromatic N) is 1. The van der Waals surface area contributed by atoms with Crippen molar-refractivity contribution in [2.45, 2.75) is 46.6 Å². The van der Waals surface area contributed by atoms with E-state index in [2.05, 4.69) is 50.4 Å². The Hall–Kier alpha value is -1.19. The maximum Gasteiger partial charge on any atom is 0.123 e. The van der Waals surface area contributed by atoms with Crippen LogP contribution in [0.5, 0.6) is 0 Å². The number of benzene rings is 1. The van der Waals surface area contributed by atoms with E-state index in [-0.39, 0.29) is 0 Å². The number of aromatic nitrogens is 1. The Kier molecular flexibility index (Phi) is 5.74. The Bertz CT molecular complexity index is 528. The van der Waals surface area contributed by atoms with Crippen molar-refractivity contribution < 1.29 is 0 Å². The van der Waals surface area contributed by atoms with Crippen molar-refractivity contribution >= 4 is 11.3 Å². The molecule has 0 unspecified atom stereocenters. The van der Waals surface area contributed by atoms with Crippen molar-refractivity contribution in [3.8, 4) is 10.6 Å². The van der Waals surface area contributed by atoms with Crippen molar-refractivity contribution in [1.29, 1.82) is 0 Å². The second-order valence-corrected chi connectivity index (χ2v) is 6.22. The Labute approximate surface area is 126 Å². The van der Waals surface area contributed by atoms with Crippen LogP contribution in [-0.2, 0) is 13.0 Å². The molecule has 0 aliphatic heterocycles. The van der Waals surface area contributed by atoms with Gasteiger partial charge in [0.05, 0.1) is 5.69 Å². The van der Waals surface area contributed by atoms with Crippen molar-refractivity contribution in [3.05, 3.63) is 40.4 Å². The van der Waals surface area contributed by atoms with E-state index >= 15 is 0 Å². The predicted octanol–water partition coefficient (Wildman–Crippen LogP) is 4.57. The number of hydrogen-bond donors (Lipinski definition) is 1. The molecule has 1 N–H and O–H groups in total. The summed E-state index contributed by atoms with van der Waals surface area (Å²) in [6.07, 6.45) is 3.49. The van der Waals surface area contributed by atoms with E-state index < -0.39 is 0 Å². The highest BCUT2D eigenvalue weighted by atomic mass is 32.1. The number of hydrogen-bond acceptors (Lipinski definition) is 3. The number of unbranched alkanes of at least 4 members (excludes halogenated alkanes) is 1. The monoisotopic (exact) mass is 288 g/mol. The molecule has 0 bridgehead atoms. The molecule has 0 aliphatic carbocycles. The number of aryl methyl sites for hydroxylation is 2. The molecule has 1 aromatic carbocycles. The second-order valence-electron chi connectivity index (χ2n) is 5.14. The van der Waals surface area contributed by atoms with Gasteiger partial charge in [-0.1, -0.05) is 50.1 Å². The molecule has 0 atom stereocenters. The normalized spacial score (nSPS) is 10.9. The summed E-state index contributed by atoms with van der Waals surface area (Å²) in [5.74, 6) is 0. The molecule has 0 spiro atoms. The van der Waals surface area contributed by atoms with Crippen LogP contribution >= 0.6 is 11.3 Å². The van der Waals surface area contributed by atoms with Gasteiger partial charge in [0.25, 0.3) is 0 Å². The van der Waals surface area contributed by atoms with Gasteiger partial charge >= 0.3 is 0 Å². The lowest BCUT2D eigenvalue weighted by Crippen LogP contribution is -2.14. The zero-order valence-corrected chi connectivity index (χ0v) is 13.5. The minimum atomic E-state index is 0.951. The van der Waals surface area contributed by atoms with Gasteiger partial charge in [0, 0.05) is 17.0 Å². The summed E-state index contributed by atoms with van der Waals surface area (Å²) in [7, 11) is 0. The number of nitrogens with one attached hydrogen (secondary N) is 1. The lowest BCUT2D eigenvalue weighted by Gasteiger charge is -2.02. The molecule has 1 aromatic heterocycles. The first-order chi connectivity index (χ1) is 9.74. The molecular weight excluding hydrogens is 264 g/mol. The van der Waals surface area contributed by atoms with Gasteiger partial charge in [0.15, 0.2) is 0 Å². The lowest BCUT2D eigenvalue weighted by molar-refractivity contribution is 0.642. The largest absolute Gasteiger partial charge is 0.312 e. The summed E-state index contributed by atoms with van der Waals surface area (Å²) in [4.78, 5) is 6.19. The Morgan fingerprint density at radius 2 is 1.90 bits per heavy atom. The van der Waals surface area contributed by atoms with Gasteiger partial charge in [-0.25, -0.2) is 4.98 Å². The zero-order chi connectivity index (χ0) is 14.4. The van der Waals surface area contributed by atoms with Crippen molar-refractivity contribution in [3.63, 3.8) is 0 Å². The van der Waals surface area contributed by atoms with E-state index in [1.54, 1.807) is 0 Å². The molecule has 0 aliphatic rings. The lowest BCUT2D eigenvalue weighted by atomic mass is 10.2. The maximum absolute atomic E-state index is 4.81. The van der Waals surface area contributed by atoms with E-state index in [1.165, 1.54) is 34.5 Å². The van der Waals surface area contributed by atoms with Gasteiger partial charge in [-0.15, -0.1) is 11.3 Å². The summed E-state index contributed by atoms with van der Waals surface area (Å²) >= 11 is 1.83. The van der Waals surface area contributed by atoms with E-state index in [4.69, 9.17) is 4.98 Å². The zero-order valence-electron chi connectivity index (χ0n) is 12.7. The third-order valence-electron chi connectivity index (χ3n) is 3.40. The van der Waals surface area contributed by atoms with Crippen molar-refractivity contribution in [2.24, 2.45) is 0 Å². The number of thiazole rings is 1. The Balaban J connectivity index is 2.11. The van der Waals surface area contributed by atoms with Crippen molar-refractivity contribution in [2.75, 3.05) is 6.54 Å². The van der Waals surface area contributed by atoms with Gasteiger partial charge < -0.3 is 5.32 Å². The molecule has 0 fully saturated rings. The van der Waals surface area contributed by atoms with Crippen LogP contribution in [0.2, 0.25) is 0 Å². The molecule has 3 heteroatoms. The van der Waals surface area contributed by atoms with Crippen LogP contribution in [0.3, 0.4) is 0 Å². The fourth-order valence-corrected chi connectivity index (χ4v) is 3.25. The van der Waals surface area contributed by atoms with Crippen LogP contribution in [0.1, 0.15) is 42.8 Å². The predicted molar refractivity (Wildman–Crippen MR) is 88.3 cm³/mol. The highest BCUT2D eigenvalue weighted by molar-refractivity contribution is 7.15. The fourth-order valence-electron chi connectivity index (χ4n) is 2.12. The quantitative estimate of drug-likeness (QED) is 0.755. The molecule has 2 nitrogen and oxygen atoms in total. The smallest absolute Gasteiger partial charge is 0.123 e. The van der Waals surface area contributed by atoms with Crippen molar-refractivity contribution in [1.82, 2.24) is 10.3 Å². The summed E-state index contributed by atoms with van der Waals surface area (Å²) in [5, 5.41) is 4.67. The molecule has 0 radical (unpaired) electrons. The Morgan fingerprint density at radius 3 is 2.55 bits per heavy atom. The SMILES string of the molecule is CCCCNCc1sc(-c2ccc(C)cc2)nc1CC. The van der Waals surface area contributed by atoms with E-state index in [1.807, 2.05) is 11.3 Å². The molecule has 0 saturated heterocycles. The summed E-state index contributed by atoms with van der Waals surface area (Å²) < 4.78 is 0. The van der Waals surface area contributed by atoms with E-state index in [0.29, 0.717) is 0 Å². The summed E-state index contributed by atoms with van der Waals surface area (Å²) in [6, 6.07) is 8.65. The van der Waals surface area contributed by atoms with Crippen LogP contribution in [0.4, 0.5) is 0 Å². The van der Waals surface area contributed by atoms with Gasteiger partial charge in [-0.3, -0.25) is 0 Å². The molecule has 20 heavy (non-hydrogen) atoms. The molecular formula is C17H24N2S. The topological polar surface area (TPSA) is 24.9 Å². The van der Waals surface area contributed by atoms with Crippen LogP contribution in [-0.4, -0.2) is 11.5 Å². The Morgan fingerprint density at radius 1 is 1.15 bits per heavy atom. The third kappa shape index (κ3) is 3.90. The van der Waals surface area contributed by atoms with Crippen LogP contribution in [0, 0.1) is 6.92 Å². The minimum Gasteiger partial charge on any atom is -0.312 e. The third-order valence-corrected chi connectivity index (χ3v) is 4.55. The molecule has 108 valence electrons. The first kappa shape index (κ1) is 15.2. The van der Waals surface area contributed by atoms with Crippen LogP contribution < -0.4 is 5.32 Å². The molecule has 0 amide bonds. The highest BCUT2D eigenvalue weighted by Crippen LogP contribution is 2.28. The average Bonchev–Trinajstić information content (AvgIpc) is 2.87. The van der Waals surface area contributed by atoms with E-state index in [9.17, 15) is 0 Å². The first-order valence-corrected chi connectivity index (χ1v) is 8.32. The van der Waals surface area contributed by atoms with E-state index in [0.717, 1.165) is 24.5 Å². The van der Waals surface area contributed by atoms with Crippen LogP contribution in [0.15, 0.2) is 24.3 Å². The van der Waals surface area contributed by atoms with Gasteiger partial charge in [0.1, 0.15) is 5.01 Å². The number of rotatable bonds is 7. The molecule has 2 rings (SSSR count). The molecule has 2 aromatic rings. The molecule has 1 heterocycles. The maximum atomic E-state index is 4.81. The standard InChI is InChI=1S/C17H24N2S/c1-4-6-11-18-12-16-15(5-2)19-17(20-16)14-9-7-13(3)8-10-14/h7-10,18H,4-6,11-12H2,1-3H3. The second kappa shape index (κ2) is 7.55. The summed E-state index contributed by atoms with van der Waals surface area (Å²) in [6.45, 7) is 8.57. The van der Waals surface area contributed by atoms with Gasteiger partial charge in [0.2, 0.25) is 0 Å². The summed E-state index contributed by atoms with van der Waals surface area (Å²) in [5.41, 5.74) is 3.77. The molecule has 0 saturated carbocycles. The van der Waals surface area contributed by atoms with Gasteiger partial charge in [-0.05, 0) is 26.3 Å².